The number of methoxy groups -OCH3 is 1. The summed E-state index contributed by atoms with van der Waals surface area (Å²) in [6.07, 6.45) is 4.53. The van der Waals surface area contributed by atoms with Crippen LogP contribution in [0.4, 0.5) is 0 Å². The van der Waals surface area contributed by atoms with E-state index in [2.05, 4.69) is 25.7 Å². The Kier molecular flexibility index (Phi) is 9.78. The van der Waals surface area contributed by atoms with Gasteiger partial charge >= 0.3 is 5.97 Å². The maximum absolute atomic E-state index is 12.6. The molecule has 0 fully saturated rings. The summed E-state index contributed by atoms with van der Waals surface area (Å²) in [5.41, 5.74) is 4.19. The fraction of sp³-hybridized carbons (Fsp3) is 0.615. The highest BCUT2D eigenvalue weighted by atomic mass is 31.2. The van der Waals surface area contributed by atoms with Crippen molar-refractivity contribution in [3.63, 3.8) is 0 Å². The average Bonchev–Trinajstić information content (AvgIpc) is 3.11. The minimum Gasteiger partial charge on any atom is -0.496 e. The van der Waals surface area contributed by atoms with E-state index in [9.17, 15) is 14.2 Å². The summed E-state index contributed by atoms with van der Waals surface area (Å²) in [5.74, 6) is 1.09. The largest absolute Gasteiger partial charge is 0.496 e. The van der Waals surface area contributed by atoms with Crippen molar-refractivity contribution in [1.82, 2.24) is 0 Å². The molecular weight excluding hydrogens is 467 g/mol. The van der Waals surface area contributed by atoms with Crippen molar-refractivity contribution < 1.29 is 28.4 Å². The molecule has 0 saturated carbocycles. The Morgan fingerprint density at radius 1 is 1.15 bits per heavy atom. The molecule has 0 atom stereocenters. The normalized spacial score (nSPS) is 14.1. The number of benzene rings is 1. The summed E-state index contributed by atoms with van der Waals surface area (Å²) >= 11 is 0. The first-order chi connectivity index (χ1) is 15.7. The van der Waals surface area contributed by atoms with Gasteiger partial charge in [0.15, 0.2) is 0 Å². The number of ether oxygens (including phenoxy) is 3. The van der Waals surface area contributed by atoms with Crippen LogP contribution in [-0.2, 0) is 27.1 Å². The van der Waals surface area contributed by atoms with Crippen molar-refractivity contribution in [2.75, 3.05) is 33.2 Å². The predicted molar refractivity (Wildman–Crippen MR) is 141 cm³/mol. The molecule has 1 aliphatic rings. The lowest BCUT2D eigenvalue weighted by Gasteiger charge is -2.21. The molecule has 8 heteroatoms. The van der Waals surface area contributed by atoms with E-state index in [1.165, 1.54) is 0 Å². The molecule has 0 unspecified atom stereocenters. The SMILES string of the molecule is COc1c(C)c2c(c(OCC[Si](C)(C)C)c1C/C=C(\C)CCC(=O)CCP(C)(C)=O)C(=O)OC2. The van der Waals surface area contributed by atoms with Gasteiger partial charge in [-0.25, -0.2) is 4.79 Å². The lowest BCUT2D eigenvalue weighted by molar-refractivity contribution is -0.118. The molecule has 1 aromatic carbocycles. The van der Waals surface area contributed by atoms with E-state index in [1.807, 2.05) is 13.8 Å². The molecule has 1 aliphatic heterocycles. The Morgan fingerprint density at radius 3 is 2.41 bits per heavy atom. The summed E-state index contributed by atoms with van der Waals surface area (Å²) in [7, 11) is -1.85. The van der Waals surface area contributed by atoms with Gasteiger partial charge in [-0.2, -0.15) is 0 Å². The molecule has 0 radical (unpaired) electrons. The van der Waals surface area contributed by atoms with Gasteiger partial charge < -0.3 is 18.8 Å². The van der Waals surface area contributed by atoms with E-state index in [1.54, 1.807) is 20.4 Å². The zero-order chi connectivity index (χ0) is 25.7. The van der Waals surface area contributed by atoms with Crippen LogP contribution in [0.5, 0.6) is 11.5 Å². The zero-order valence-electron chi connectivity index (χ0n) is 22.1. The van der Waals surface area contributed by atoms with E-state index in [4.69, 9.17) is 14.2 Å². The fourth-order valence-corrected chi connectivity index (χ4v) is 5.36. The minimum absolute atomic E-state index is 0.140. The summed E-state index contributed by atoms with van der Waals surface area (Å²) in [6, 6.07) is 0.978. The molecule has 1 heterocycles. The first-order valence-corrected chi connectivity index (χ1v) is 18.5. The standard InChI is InChI=1S/C26H41O6PSi/c1-18(9-11-20(27)13-15-33(4,5)29)10-12-21-24(30-3)19(2)22-17-32-26(28)23(22)25(21)31-14-16-34(6,7)8/h10H,9,11-17H2,1-8H3/b18-10+. The molecule has 34 heavy (non-hydrogen) atoms. The highest BCUT2D eigenvalue weighted by Crippen LogP contribution is 2.43. The van der Waals surface area contributed by atoms with Crippen LogP contribution in [0.1, 0.15) is 53.2 Å². The number of cyclic esters (lactones) is 1. The van der Waals surface area contributed by atoms with Crippen LogP contribution < -0.4 is 9.47 Å². The first-order valence-electron chi connectivity index (χ1n) is 12.0. The Labute approximate surface area is 205 Å². The second kappa shape index (κ2) is 11.7. The van der Waals surface area contributed by atoms with E-state index in [0.29, 0.717) is 49.8 Å². The molecule has 0 spiro atoms. The number of Topliss-reactive ketones (excluding diaryl/α,β-unsaturated/α-hetero) is 1. The smallest absolute Gasteiger partial charge is 0.342 e. The van der Waals surface area contributed by atoms with Crippen LogP contribution >= 0.6 is 7.14 Å². The van der Waals surface area contributed by atoms with Gasteiger partial charge in [0, 0.05) is 38.2 Å². The molecule has 6 nitrogen and oxygen atoms in total. The monoisotopic (exact) mass is 508 g/mol. The number of rotatable bonds is 13. The molecule has 1 aromatic rings. The van der Waals surface area contributed by atoms with Gasteiger partial charge in [0.05, 0.1) is 20.9 Å². The number of carbonyl (C=O) groups excluding carboxylic acids is 2. The molecule has 190 valence electrons. The predicted octanol–water partition coefficient (Wildman–Crippen LogP) is 6.24. The van der Waals surface area contributed by atoms with Crippen LogP contribution in [0.3, 0.4) is 0 Å². The molecule has 0 aromatic heterocycles. The van der Waals surface area contributed by atoms with E-state index in [0.717, 1.165) is 34.1 Å². The molecular formula is C26H41O6PSi. The van der Waals surface area contributed by atoms with Gasteiger partial charge in [0.1, 0.15) is 29.5 Å². The lowest BCUT2D eigenvalue weighted by Crippen LogP contribution is -2.23. The summed E-state index contributed by atoms with van der Waals surface area (Å²) in [4.78, 5) is 24.8. The third kappa shape index (κ3) is 8.12. The Morgan fingerprint density at radius 2 is 1.82 bits per heavy atom. The molecule has 2 rings (SSSR count). The fourth-order valence-electron chi connectivity index (χ4n) is 3.86. The molecule has 0 amide bonds. The maximum atomic E-state index is 12.6. The summed E-state index contributed by atoms with van der Waals surface area (Å²) in [6.45, 7) is 15.0. The van der Waals surface area contributed by atoms with Gasteiger partial charge in [0.25, 0.3) is 0 Å². The number of fused-ring (bicyclic) bond motifs is 1. The maximum Gasteiger partial charge on any atom is 0.342 e. The van der Waals surface area contributed by atoms with Crippen LogP contribution in [0.15, 0.2) is 11.6 Å². The summed E-state index contributed by atoms with van der Waals surface area (Å²) in [5, 5.41) is 0. The lowest BCUT2D eigenvalue weighted by atomic mass is 9.94. The van der Waals surface area contributed by atoms with Crippen molar-refractivity contribution >= 4 is 27.0 Å². The Hall–Kier alpha value is -1.85. The molecule has 0 saturated heterocycles. The Bertz CT molecular complexity index is 1000. The van der Waals surface area contributed by atoms with Gasteiger partial charge in [-0.05, 0) is 51.6 Å². The topological polar surface area (TPSA) is 78.9 Å². The van der Waals surface area contributed by atoms with Crippen LogP contribution in [0, 0.1) is 6.92 Å². The quantitative estimate of drug-likeness (QED) is 0.136. The second-order valence-corrected chi connectivity index (χ2v) is 20.1. The molecule has 0 aliphatic carbocycles. The van der Waals surface area contributed by atoms with Crippen LogP contribution in [-0.4, -0.2) is 53.0 Å². The number of carbonyl (C=O) groups is 2. The van der Waals surface area contributed by atoms with Gasteiger partial charge in [0.2, 0.25) is 0 Å². The van der Waals surface area contributed by atoms with Crippen LogP contribution in [0.2, 0.25) is 25.7 Å². The Balaban J connectivity index is 2.26. The number of hydrogen-bond acceptors (Lipinski definition) is 6. The van der Waals surface area contributed by atoms with Crippen molar-refractivity contribution in [2.24, 2.45) is 0 Å². The molecule has 0 bridgehead atoms. The van der Waals surface area contributed by atoms with Gasteiger partial charge in [-0.3, -0.25) is 4.79 Å². The van der Waals surface area contributed by atoms with Crippen molar-refractivity contribution in [3.05, 3.63) is 33.9 Å². The van der Waals surface area contributed by atoms with Gasteiger partial charge in [-0.1, -0.05) is 31.3 Å². The number of esters is 1. The third-order valence-corrected chi connectivity index (χ3v) is 9.11. The van der Waals surface area contributed by atoms with Crippen molar-refractivity contribution in [1.29, 1.82) is 0 Å². The average molecular weight is 509 g/mol. The first kappa shape index (κ1) is 28.4. The highest BCUT2D eigenvalue weighted by Gasteiger charge is 2.33. The molecule has 0 N–H and O–H groups in total. The van der Waals surface area contributed by atoms with E-state index in [-0.39, 0.29) is 18.4 Å². The number of hydrogen-bond donors (Lipinski definition) is 0. The van der Waals surface area contributed by atoms with E-state index < -0.39 is 15.2 Å². The summed E-state index contributed by atoms with van der Waals surface area (Å²) < 4.78 is 29.2. The van der Waals surface area contributed by atoms with Crippen molar-refractivity contribution in [2.45, 2.75) is 71.8 Å². The number of allylic oxidation sites excluding steroid dienone is 2. The minimum atomic E-state index is -2.17. The van der Waals surface area contributed by atoms with Crippen molar-refractivity contribution in [3.8, 4) is 11.5 Å². The highest BCUT2D eigenvalue weighted by molar-refractivity contribution is 7.62. The third-order valence-electron chi connectivity index (χ3n) is 6.11. The van der Waals surface area contributed by atoms with Gasteiger partial charge in [-0.15, -0.1) is 0 Å². The second-order valence-electron chi connectivity index (χ2n) is 10.9. The van der Waals surface area contributed by atoms with Crippen LogP contribution in [0.25, 0.3) is 0 Å². The van der Waals surface area contributed by atoms with E-state index >= 15 is 0 Å². The number of ketones is 1. The zero-order valence-corrected chi connectivity index (χ0v) is 24.0.